The van der Waals surface area contributed by atoms with E-state index in [0.29, 0.717) is 5.73 Å². The molecule has 1 nitrogen and oxygen atoms in total. The third-order valence-corrected chi connectivity index (χ3v) is 3.03. The van der Waals surface area contributed by atoms with Gasteiger partial charge in [-0.2, -0.15) is 0 Å². The van der Waals surface area contributed by atoms with Crippen molar-refractivity contribution in [1.82, 2.24) is 0 Å². The fourth-order valence-corrected chi connectivity index (χ4v) is 1.90. The highest BCUT2D eigenvalue weighted by molar-refractivity contribution is 6.10. The highest BCUT2D eigenvalue weighted by Gasteiger charge is 2.05. The molecule has 0 N–H and O–H groups in total. The molecule has 1 rings (SSSR count). The molecule has 1 fully saturated rings. The van der Waals surface area contributed by atoms with Gasteiger partial charge in [0.25, 0.3) is 0 Å². The molecule has 0 bridgehead atoms. The topological polar surface area (TPSA) is 9.23 Å². The molecule has 0 aromatic carbocycles. The van der Waals surface area contributed by atoms with Crippen molar-refractivity contribution < 1.29 is 4.74 Å². The van der Waals surface area contributed by atoms with E-state index in [0.717, 1.165) is 6.61 Å². The molecule has 2 heteroatoms. The zero-order chi connectivity index (χ0) is 9.23. The van der Waals surface area contributed by atoms with Crippen LogP contribution in [0.4, 0.5) is 0 Å². The highest BCUT2D eigenvalue weighted by atomic mass is 28.1. The molecular weight excluding hydrogens is 164 g/mol. The van der Waals surface area contributed by atoms with Gasteiger partial charge in [-0.3, -0.25) is 0 Å². The maximum atomic E-state index is 5.34. The van der Waals surface area contributed by atoms with Gasteiger partial charge < -0.3 is 4.74 Å². The van der Waals surface area contributed by atoms with Crippen LogP contribution in [0.1, 0.15) is 52.4 Å². The lowest BCUT2D eigenvalue weighted by Crippen LogP contribution is -2.18. The molecule has 0 radical (unpaired) electrons. The van der Waals surface area contributed by atoms with Crippen molar-refractivity contribution in [3.05, 3.63) is 0 Å². The molecule has 1 heterocycles. The Labute approximate surface area is 80.3 Å². The molecule has 0 aliphatic carbocycles. The molecule has 1 aliphatic heterocycles. The predicted octanol–water partition coefficient (Wildman–Crippen LogP) is 2.07. The fraction of sp³-hybridized carbons (Fsp3) is 1.00. The number of ether oxygens (including phenoxy) is 1. The molecule has 1 aliphatic rings. The normalized spacial score (nSPS) is 23.0. The van der Waals surface area contributed by atoms with Crippen molar-refractivity contribution in [1.29, 1.82) is 0 Å². The molecule has 0 spiro atoms. The maximum absolute atomic E-state index is 5.34. The summed E-state index contributed by atoms with van der Waals surface area (Å²) < 4.78 is 5.34. The molecule has 0 aromatic heterocycles. The molecule has 12 heavy (non-hydrogen) atoms. The Bertz CT molecular complexity index is 77.9. The number of hydrogen-bond acceptors (Lipinski definition) is 1. The average Bonchev–Trinajstić information content (AvgIpc) is 2.08. The van der Waals surface area contributed by atoms with Gasteiger partial charge in [0.2, 0.25) is 0 Å². The van der Waals surface area contributed by atoms with Crippen LogP contribution < -0.4 is 0 Å². The lowest BCUT2D eigenvalue weighted by Gasteiger charge is -2.17. The summed E-state index contributed by atoms with van der Waals surface area (Å²) in [6, 6.07) is 0. The van der Waals surface area contributed by atoms with Gasteiger partial charge in [-0.15, -0.1) is 0 Å². The van der Waals surface area contributed by atoms with Crippen molar-refractivity contribution in [2.45, 2.75) is 58.1 Å². The van der Waals surface area contributed by atoms with E-state index in [9.17, 15) is 0 Å². The van der Waals surface area contributed by atoms with E-state index in [4.69, 9.17) is 4.74 Å². The van der Waals surface area contributed by atoms with Crippen molar-refractivity contribution in [3.63, 3.8) is 0 Å². The molecule has 0 aromatic rings. The molecule has 1 atom stereocenters. The van der Waals surface area contributed by atoms with Crippen molar-refractivity contribution in [2.24, 2.45) is 0 Å². The molecule has 1 unspecified atom stereocenters. The number of rotatable bonds is 2. The van der Waals surface area contributed by atoms with Crippen LogP contribution in [0.2, 0.25) is 0 Å². The van der Waals surface area contributed by atoms with Gasteiger partial charge in [-0.1, -0.05) is 33.1 Å². The quantitative estimate of drug-likeness (QED) is 0.603. The summed E-state index contributed by atoms with van der Waals surface area (Å²) in [6.45, 7) is 5.45. The van der Waals surface area contributed by atoms with Gasteiger partial charge in [0, 0.05) is 22.6 Å². The largest absolute Gasteiger partial charge is 0.383 e. The van der Waals surface area contributed by atoms with Gasteiger partial charge in [0.1, 0.15) is 0 Å². The summed E-state index contributed by atoms with van der Waals surface area (Å²) in [7, 11) is 1.23. The Morgan fingerprint density at radius 2 is 1.92 bits per heavy atom. The first kappa shape index (κ1) is 12.2. The second kappa shape index (κ2) is 9.27. The first-order chi connectivity index (χ1) is 5.81. The zero-order valence-electron chi connectivity index (χ0n) is 8.94. The van der Waals surface area contributed by atoms with Crippen LogP contribution in [0.5, 0.6) is 0 Å². The Morgan fingerprint density at radius 3 is 2.08 bits per heavy atom. The summed E-state index contributed by atoms with van der Waals surface area (Å²) in [5.41, 5.74) is 0.675. The van der Waals surface area contributed by atoms with Gasteiger partial charge in [-0.25, -0.2) is 0 Å². The van der Waals surface area contributed by atoms with Gasteiger partial charge in [0.05, 0.1) is 0 Å². The summed E-state index contributed by atoms with van der Waals surface area (Å²) in [5.74, 6) is 0. The second-order valence-electron chi connectivity index (χ2n) is 3.53. The molecule has 0 saturated carbocycles. The van der Waals surface area contributed by atoms with E-state index in [-0.39, 0.29) is 0 Å². The Morgan fingerprint density at radius 1 is 1.25 bits per heavy atom. The second-order valence-corrected chi connectivity index (χ2v) is 4.82. The van der Waals surface area contributed by atoms with Crippen LogP contribution in [0.15, 0.2) is 0 Å². The Kier molecular flexibility index (Phi) is 9.40. The number of hydrogen-bond donors (Lipinski definition) is 0. The molecular formula is C10H24OSi. The third-order valence-electron chi connectivity index (χ3n) is 2.11. The minimum atomic E-state index is 0.675. The highest BCUT2D eigenvalue weighted by Crippen LogP contribution is 2.08. The predicted molar refractivity (Wildman–Crippen MR) is 58.7 cm³/mol. The maximum Gasteiger partial charge on any atom is 0.0465 e. The summed E-state index contributed by atoms with van der Waals surface area (Å²) in [4.78, 5) is 0. The lowest BCUT2D eigenvalue weighted by atomic mass is 10.2. The van der Waals surface area contributed by atoms with Crippen LogP contribution >= 0.6 is 0 Å². The Hall–Kier alpha value is 0.177. The van der Waals surface area contributed by atoms with E-state index < -0.39 is 0 Å². The van der Waals surface area contributed by atoms with Gasteiger partial charge in [0.15, 0.2) is 0 Å². The minimum Gasteiger partial charge on any atom is -0.383 e. The van der Waals surface area contributed by atoms with Crippen LogP contribution in [-0.4, -0.2) is 22.6 Å². The first-order valence-corrected chi connectivity index (χ1v) is 6.58. The van der Waals surface area contributed by atoms with E-state index >= 15 is 0 Å². The van der Waals surface area contributed by atoms with E-state index in [1.54, 1.807) is 0 Å². The van der Waals surface area contributed by atoms with E-state index in [1.165, 1.54) is 48.8 Å². The van der Waals surface area contributed by atoms with Crippen molar-refractivity contribution in [3.8, 4) is 0 Å². The summed E-state index contributed by atoms with van der Waals surface area (Å²) in [5, 5.41) is 0. The molecule has 0 amide bonds. The van der Waals surface area contributed by atoms with E-state index in [1.807, 2.05) is 0 Å². The average molecular weight is 188 g/mol. The smallest absolute Gasteiger partial charge is 0.0465 e. The van der Waals surface area contributed by atoms with Gasteiger partial charge in [-0.05, 0) is 19.3 Å². The fourth-order valence-electron chi connectivity index (χ4n) is 1.26. The van der Waals surface area contributed by atoms with Crippen LogP contribution in [0.25, 0.3) is 0 Å². The molecule has 74 valence electrons. The van der Waals surface area contributed by atoms with E-state index in [2.05, 4.69) is 13.8 Å². The van der Waals surface area contributed by atoms with Gasteiger partial charge >= 0.3 is 0 Å². The monoisotopic (exact) mass is 188 g/mol. The first-order valence-electron chi connectivity index (χ1n) is 5.42. The number of unbranched alkanes of at least 4 members (excludes halogenated alkanes) is 2. The SMILES string of the molecule is CCCCC.[SiH3]C1CCCCO1. The van der Waals surface area contributed by atoms with Crippen LogP contribution in [-0.2, 0) is 4.74 Å². The Balaban J connectivity index is 0.000000217. The van der Waals surface area contributed by atoms with Crippen LogP contribution in [0, 0.1) is 0 Å². The van der Waals surface area contributed by atoms with Crippen molar-refractivity contribution >= 4 is 10.2 Å². The van der Waals surface area contributed by atoms with Crippen molar-refractivity contribution in [2.75, 3.05) is 6.61 Å². The minimum absolute atomic E-state index is 0.675. The van der Waals surface area contributed by atoms with Crippen LogP contribution in [0.3, 0.4) is 0 Å². The standard InChI is InChI=1S/C5H12OSi.C5H12/c7-5-3-1-2-4-6-5;1-3-5-4-2/h5H,1-4H2,7H3;3-5H2,1-2H3. The summed E-state index contributed by atoms with van der Waals surface area (Å²) >= 11 is 0. The molecule has 1 saturated heterocycles. The lowest BCUT2D eigenvalue weighted by molar-refractivity contribution is 0.0675. The third kappa shape index (κ3) is 8.28. The zero-order valence-corrected chi connectivity index (χ0v) is 10.9. The summed E-state index contributed by atoms with van der Waals surface area (Å²) in [6.07, 6.45) is 8.09.